The summed E-state index contributed by atoms with van der Waals surface area (Å²) in [6.45, 7) is 0. The van der Waals surface area contributed by atoms with Crippen LogP contribution in [0.5, 0.6) is 5.88 Å². The molecule has 0 fully saturated rings. The number of furan rings is 1. The van der Waals surface area contributed by atoms with Crippen molar-refractivity contribution in [1.82, 2.24) is 9.97 Å². The molecule has 0 bridgehead atoms. The Balaban J connectivity index is 2.05. The first-order valence-electron chi connectivity index (χ1n) is 6.80. The van der Waals surface area contributed by atoms with Crippen LogP contribution in [0.3, 0.4) is 0 Å². The van der Waals surface area contributed by atoms with Gasteiger partial charge in [-0.15, -0.1) is 0 Å². The second-order valence-electron chi connectivity index (χ2n) is 4.77. The van der Waals surface area contributed by atoms with Gasteiger partial charge in [-0.3, -0.25) is 0 Å². The minimum absolute atomic E-state index is 0.0883. The molecule has 24 heavy (non-hydrogen) atoms. The number of aromatic nitrogens is 2. The van der Waals surface area contributed by atoms with Gasteiger partial charge in [0.2, 0.25) is 17.3 Å². The van der Waals surface area contributed by atoms with Crippen LogP contribution in [0, 0.1) is 0 Å². The number of benzene rings is 1. The van der Waals surface area contributed by atoms with E-state index in [0.717, 1.165) is 0 Å². The van der Waals surface area contributed by atoms with Crippen LogP contribution >= 0.6 is 11.6 Å². The second kappa shape index (κ2) is 6.52. The maximum absolute atomic E-state index is 13.6. The van der Waals surface area contributed by atoms with Gasteiger partial charge in [-0.05, 0) is 23.7 Å². The normalized spacial score (nSPS) is 12.8. The van der Waals surface area contributed by atoms with Crippen LogP contribution in [0.1, 0.15) is 11.7 Å². The highest BCUT2D eigenvalue weighted by molar-refractivity contribution is 6.28. The van der Waals surface area contributed by atoms with E-state index in [1.54, 1.807) is 18.2 Å². The lowest BCUT2D eigenvalue weighted by Gasteiger charge is -2.23. The molecule has 0 aliphatic heterocycles. The summed E-state index contributed by atoms with van der Waals surface area (Å²) in [4.78, 5) is 7.27. The van der Waals surface area contributed by atoms with Crippen LogP contribution in [-0.4, -0.2) is 16.1 Å². The Morgan fingerprint density at radius 1 is 1.08 bits per heavy atom. The first-order chi connectivity index (χ1) is 11.4. The van der Waals surface area contributed by atoms with Crippen LogP contribution in [0.2, 0.25) is 5.28 Å². The van der Waals surface area contributed by atoms with Crippen molar-refractivity contribution in [2.45, 2.75) is 12.3 Å². The Morgan fingerprint density at radius 2 is 1.88 bits per heavy atom. The molecular formula is C16H10ClF3N2O2. The fraction of sp³-hybridized carbons (Fsp3) is 0.125. The smallest absolute Gasteiger partial charge is 0.429 e. The lowest BCUT2D eigenvalue weighted by Crippen LogP contribution is -2.27. The fourth-order valence-electron chi connectivity index (χ4n) is 2.19. The number of hydrogen-bond donors (Lipinski definition) is 0. The molecule has 124 valence electrons. The molecule has 0 aliphatic carbocycles. The molecule has 0 amide bonds. The van der Waals surface area contributed by atoms with Crippen molar-refractivity contribution in [2.75, 3.05) is 0 Å². The van der Waals surface area contributed by atoms with Gasteiger partial charge in [0.05, 0.1) is 6.26 Å². The van der Waals surface area contributed by atoms with Crippen molar-refractivity contribution < 1.29 is 22.3 Å². The number of hydrogen-bond acceptors (Lipinski definition) is 4. The van der Waals surface area contributed by atoms with Crippen molar-refractivity contribution in [3.8, 4) is 17.2 Å². The Morgan fingerprint density at radius 3 is 2.54 bits per heavy atom. The molecule has 2 heterocycles. The molecule has 0 saturated heterocycles. The van der Waals surface area contributed by atoms with Crippen molar-refractivity contribution in [3.05, 3.63) is 65.8 Å². The van der Waals surface area contributed by atoms with Gasteiger partial charge in [0, 0.05) is 23.4 Å². The minimum Gasteiger partial charge on any atom is -0.464 e. The first kappa shape index (κ1) is 16.3. The largest absolute Gasteiger partial charge is 0.464 e. The standard InChI is InChI=1S/C16H10ClF3N2O2/c17-15-21-8-7-13(22-15)24-14(16(18,19)20)11-5-2-1-4-10(11)12-6-3-9-23-12/h1-9,14H. The fourth-order valence-corrected chi connectivity index (χ4v) is 2.33. The third-order valence-corrected chi connectivity index (χ3v) is 3.35. The molecule has 1 atom stereocenters. The van der Waals surface area contributed by atoms with Crippen LogP contribution in [0.15, 0.2) is 59.3 Å². The summed E-state index contributed by atoms with van der Waals surface area (Å²) >= 11 is 5.60. The second-order valence-corrected chi connectivity index (χ2v) is 5.11. The summed E-state index contributed by atoms with van der Waals surface area (Å²) in [7, 11) is 0. The quantitative estimate of drug-likeness (QED) is 0.613. The molecule has 0 N–H and O–H groups in total. The van der Waals surface area contributed by atoms with E-state index < -0.39 is 12.3 Å². The Hall–Kier alpha value is -2.54. The lowest BCUT2D eigenvalue weighted by molar-refractivity contribution is -0.198. The van der Waals surface area contributed by atoms with Crippen LogP contribution < -0.4 is 4.74 Å². The van der Waals surface area contributed by atoms with E-state index >= 15 is 0 Å². The highest BCUT2D eigenvalue weighted by atomic mass is 35.5. The monoisotopic (exact) mass is 354 g/mol. The van der Waals surface area contributed by atoms with E-state index in [1.165, 1.54) is 36.7 Å². The van der Waals surface area contributed by atoms with Crippen molar-refractivity contribution in [2.24, 2.45) is 0 Å². The van der Waals surface area contributed by atoms with Crippen molar-refractivity contribution in [1.29, 1.82) is 0 Å². The highest BCUT2D eigenvalue weighted by Gasteiger charge is 2.44. The van der Waals surface area contributed by atoms with Gasteiger partial charge in [-0.1, -0.05) is 24.3 Å². The molecule has 8 heteroatoms. The number of nitrogens with zero attached hydrogens (tertiary/aromatic N) is 2. The number of rotatable bonds is 4. The SMILES string of the molecule is FC(F)(F)C(Oc1ccnc(Cl)n1)c1ccccc1-c1ccco1. The maximum atomic E-state index is 13.6. The zero-order valence-electron chi connectivity index (χ0n) is 12.0. The molecule has 0 saturated carbocycles. The molecule has 3 aromatic rings. The topological polar surface area (TPSA) is 48.2 Å². The molecular weight excluding hydrogens is 345 g/mol. The summed E-state index contributed by atoms with van der Waals surface area (Å²) in [6.07, 6.45) is -4.29. The van der Waals surface area contributed by atoms with Crippen molar-refractivity contribution in [3.63, 3.8) is 0 Å². The van der Waals surface area contributed by atoms with Gasteiger partial charge in [0.15, 0.2) is 0 Å². The van der Waals surface area contributed by atoms with E-state index in [1.807, 2.05) is 0 Å². The van der Waals surface area contributed by atoms with Gasteiger partial charge < -0.3 is 9.15 Å². The number of ether oxygens (including phenoxy) is 1. The summed E-state index contributed by atoms with van der Waals surface area (Å²) in [6, 6.07) is 10.4. The Labute approximate surface area is 139 Å². The molecule has 1 aromatic carbocycles. The number of alkyl halides is 3. The average Bonchev–Trinajstić information content (AvgIpc) is 3.06. The van der Waals surface area contributed by atoms with E-state index in [0.29, 0.717) is 5.76 Å². The van der Waals surface area contributed by atoms with Gasteiger partial charge in [-0.25, -0.2) is 4.98 Å². The van der Waals surface area contributed by atoms with Crippen LogP contribution in [0.25, 0.3) is 11.3 Å². The van der Waals surface area contributed by atoms with Gasteiger partial charge in [0.25, 0.3) is 0 Å². The first-order valence-corrected chi connectivity index (χ1v) is 7.17. The predicted octanol–water partition coefficient (Wildman–Crippen LogP) is 5.07. The summed E-state index contributed by atoms with van der Waals surface area (Å²) in [5.41, 5.74) is 0.194. The summed E-state index contributed by atoms with van der Waals surface area (Å²) < 4.78 is 51.0. The summed E-state index contributed by atoms with van der Waals surface area (Å²) in [5.74, 6) is 0.0377. The molecule has 0 radical (unpaired) electrons. The van der Waals surface area contributed by atoms with Gasteiger partial charge >= 0.3 is 6.18 Å². The molecule has 2 aromatic heterocycles. The van der Waals surface area contributed by atoms with Crippen LogP contribution in [0.4, 0.5) is 13.2 Å². The van der Waals surface area contributed by atoms with Crippen LogP contribution in [-0.2, 0) is 0 Å². The van der Waals surface area contributed by atoms with E-state index in [-0.39, 0.29) is 22.3 Å². The van der Waals surface area contributed by atoms with E-state index in [2.05, 4.69) is 9.97 Å². The van der Waals surface area contributed by atoms with Gasteiger partial charge in [0.1, 0.15) is 5.76 Å². The zero-order valence-corrected chi connectivity index (χ0v) is 12.8. The maximum Gasteiger partial charge on any atom is 0.429 e. The lowest BCUT2D eigenvalue weighted by atomic mass is 10.00. The van der Waals surface area contributed by atoms with Gasteiger partial charge in [-0.2, -0.15) is 18.2 Å². The molecule has 0 spiro atoms. The molecule has 1 unspecified atom stereocenters. The third kappa shape index (κ3) is 3.51. The van der Waals surface area contributed by atoms with E-state index in [4.69, 9.17) is 20.8 Å². The molecule has 4 nitrogen and oxygen atoms in total. The minimum atomic E-state index is -4.67. The average molecular weight is 355 g/mol. The zero-order chi connectivity index (χ0) is 17.2. The van der Waals surface area contributed by atoms with Crippen molar-refractivity contribution >= 4 is 11.6 Å². The highest BCUT2D eigenvalue weighted by Crippen LogP contribution is 2.40. The molecule has 3 rings (SSSR count). The summed E-state index contributed by atoms with van der Waals surface area (Å²) in [5, 5.41) is -0.201. The Bertz CT molecular complexity index is 822. The molecule has 0 aliphatic rings. The van der Waals surface area contributed by atoms with E-state index in [9.17, 15) is 13.2 Å². The predicted molar refractivity (Wildman–Crippen MR) is 80.6 cm³/mol. The number of halogens is 4. The Kier molecular flexibility index (Phi) is 4.44. The third-order valence-electron chi connectivity index (χ3n) is 3.17.